The Morgan fingerprint density at radius 1 is 1.16 bits per heavy atom. The van der Waals surface area contributed by atoms with Crippen molar-refractivity contribution in [3.05, 3.63) is 51.8 Å². The Morgan fingerprint density at radius 3 is 2.42 bits per heavy atom. The van der Waals surface area contributed by atoms with Gasteiger partial charge >= 0.3 is 0 Å². The van der Waals surface area contributed by atoms with Gasteiger partial charge in [0.15, 0.2) is 9.84 Å². The fourth-order valence-electron chi connectivity index (χ4n) is 3.73. The molecule has 0 amide bonds. The smallest absolute Gasteiger partial charge is 0.251 e. The van der Waals surface area contributed by atoms with Crippen LogP contribution in [0.3, 0.4) is 0 Å². The Kier molecular flexibility index (Phi) is 5.91. The van der Waals surface area contributed by atoms with Gasteiger partial charge in [-0.2, -0.15) is 0 Å². The van der Waals surface area contributed by atoms with Crippen molar-refractivity contribution in [2.24, 2.45) is 0 Å². The Balaban J connectivity index is 1.61. The summed E-state index contributed by atoms with van der Waals surface area (Å²) in [4.78, 5) is 9.84. The second-order valence-electron chi connectivity index (χ2n) is 7.67. The monoisotopic (exact) mass is 487 g/mol. The van der Waals surface area contributed by atoms with E-state index in [1.165, 1.54) is 0 Å². The van der Waals surface area contributed by atoms with E-state index in [9.17, 15) is 17.2 Å². The van der Waals surface area contributed by atoms with Crippen molar-refractivity contribution in [3.8, 4) is 0 Å². The molecule has 1 aliphatic heterocycles. The number of sulfone groups is 1. The molecule has 2 aromatic carbocycles. The topological polar surface area (TPSA) is 66.1 Å². The normalized spacial score (nSPS) is 16.7. The second kappa shape index (κ2) is 8.22. The van der Waals surface area contributed by atoms with Gasteiger partial charge in [0, 0.05) is 32.4 Å². The first-order valence-electron chi connectivity index (χ1n) is 9.91. The van der Waals surface area contributed by atoms with Crippen LogP contribution in [0.25, 0.3) is 11.0 Å². The van der Waals surface area contributed by atoms with Crippen molar-refractivity contribution in [1.82, 2.24) is 9.97 Å². The average Bonchev–Trinajstić information content (AvgIpc) is 3.12. The van der Waals surface area contributed by atoms with E-state index >= 15 is 0 Å². The summed E-state index contributed by atoms with van der Waals surface area (Å²) >= 11 is 13.0. The van der Waals surface area contributed by atoms with Gasteiger partial charge < -0.3 is 9.88 Å². The predicted molar refractivity (Wildman–Crippen MR) is 119 cm³/mol. The lowest BCUT2D eigenvalue weighted by atomic mass is 10.1. The minimum absolute atomic E-state index is 0.0478. The highest BCUT2D eigenvalue weighted by molar-refractivity contribution is 7.91. The average molecular weight is 488 g/mol. The highest BCUT2D eigenvalue weighted by Crippen LogP contribution is 2.41. The fourth-order valence-corrected chi connectivity index (χ4v) is 5.35. The van der Waals surface area contributed by atoms with Gasteiger partial charge in [-0.3, -0.25) is 0 Å². The van der Waals surface area contributed by atoms with Crippen molar-refractivity contribution in [1.29, 1.82) is 0 Å². The van der Waals surface area contributed by atoms with E-state index in [0.717, 1.165) is 5.56 Å². The summed E-state index contributed by atoms with van der Waals surface area (Å²) in [5.41, 5.74) is 2.59. The van der Waals surface area contributed by atoms with Crippen LogP contribution >= 0.6 is 23.2 Å². The summed E-state index contributed by atoms with van der Waals surface area (Å²) in [6.45, 7) is 1.95. The standard InChI is InChI=1S/C21H21Cl2F2N3O2S/c1-2-31(29,30)14-5-3-13(4-6-14)11-17-26-16-12-15(22)20(18(23)19(16)27-17)28-9-7-21(24,25)8-10-28/h3-6,12H,2,7-11H2,1H3,(H,26,27). The molecule has 1 aromatic heterocycles. The Hall–Kier alpha value is -1.90. The van der Waals surface area contributed by atoms with Crippen LogP contribution in [0.5, 0.6) is 0 Å². The third-order valence-electron chi connectivity index (χ3n) is 5.54. The van der Waals surface area contributed by atoms with E-state index < -0.39 is 15.8 Å². The molecule has 1 aliphatic rings. The number of halogens is 4. The Morgan fingerprint density at radius 2 is 1.81 bits per heavy atom. The quantitative estimate of drug-likeness (QED) is 0.516. The first-order valence-corrected chi connectivity index (χ1v) is 12.3. The molecule has 5 nitrogen and oxygen atoms in total. The molecule has 0 spiro atoms. The molecule has 0 unspecified atom stereocenters. The van der Waals surface area contributed by atoms with Crippen molar-refractivity contribution in [2.45, 2.75) is 37.0 Å². The number of nitrogens with one attached hydrogen (secondary N) is 1. The van der Waals surface area contributed by atoms with E-state index in [0.29, 0.717) is 39.0 Å². The first kappa shape index (κ1) is 22.3. The number of nitrogens with zero attached hydrogens (tertiary/aromatic N) is 2. The number of piperidine rings is 1. The zero-order chi connectivity index (χ0) is 22.4. The molecular formula is C21H21Cl2F2N3O2S. The number of imidazole rings is 1. The molecule has 3 aromatic rings. The molecule has 0 atom stereocenters. The van der Waals surface area contributed by atoms with Gasteiger partial charge in [0.05, 0.1) is 31.9 Å². The predicted octanol–water partition coefficient (Wildman–Crippen LogP) is 5.49. The molecule has 166 valence electrons. The zero-order valence-electron chi connectivity index (χ0n) is 16.8. The van der Waals surface area contributed by atoms with Crippen LogP contribution in [0, 0.1) is 0 Å². The van der Waals surface area contributed by atoms with Crippen molar-refractivity contribution >= 4 is 49.8 Å². The van der Waals surface area contributed by atoms with Gasteiger partial charge in [0.25, 0.3) is 5.92 Å². The number of hydrogen-bond donors (Lipinski definition) is 1. The molecule has 0 aliphatic carbocycles. The zero-order valence-corrected chi connectivity index (χ0v) is 19.1. The molecule has 31 heavy (non-hydrogen) atoms. The lowest BCUT2D eigenvalue weighted by Gasteiger charge is -2.34. The molecule has 0 saturated carbocycles. The van der Waals surface area contributed by atoms with E-state index in [4.69, 9.17) is 23.2 Å². The van der Waals surface area contributed by atoms with Crippen LogP contribution in [0.2, 0.25) is 10.0 Å². The fraction of sp³-hybridized carbons (Fsp3) is 0.381. The van der Waals surface area contributed by atoms with Crippen LogP contribution < -0.4 is 4.90 Å². The molecule has 2 heterocycles. The molecular weight excluding hydrogens is 467 g/mol. The first-order chi connectivity index (χ1) is 14.6. The van der Waals surface area contributed by atoms with Gasteiger partial charge in [0.2, 0.25) is 0 Å². The van der Waals surface area contributed by atoms with Crippen LogP contribution in [-0.2, 0) is 16.3 Å². The van der Waals surface area contributed by atoms with E-state index in [1.807, 2.05) is 0 Å². The number of rotatable bonds is 5. The number of fused-ring (bicyclic) bond motifs is 1. The summed E-state index contributed by atoms with van der Waals surface area (Å²) in [6, 6.07) is 8.39. The maximum absolute atomic E-state index is 13.5. The molecule has 10 heteroatoms. The molecule has 1 N–H and O–H groups in total. The van der Waals surface area contributed by atoms with Gasteiger partial charge in [-0.25, -0.2) is 22.2 Å². The lowest BCUT2D eigenvalue weighted by molar-refractivity contribution is -0.0220. The summed E-state index contributed by atoms with van der Waals surface area (Å²) in [5.74, 6) is -1.97. The van der Waals surface area contributed by atoms with Crippen LogP contribution in [-0.4, -0.2) is 43.2 Å². The molecule has 0 bridgehead atoms. The van der Waals surface area contributed by atoms with Crippen LogP contribution in [0.15, 0.2) is 35.2 Å². The number of anilines is 1. The summed E-state index contributed by atoms with van der Waals surface area (Å²) in [7, 11) is -3.25. The van der Waals surface area contributed by atoms with Gasteiger partial charge in [0.1, 0.15) is 11.3 Å². The summed E-state index contributed by atoms with van der Waals surface area (Å²) < 4.78 is 51.0. The van der Waals surface area contributed by atoms with Crippen molar-refractivity contribution in [2.75, 3.05) is 23.7 Å². The van der Waals surface area contributed by atoms with Crippen LogP contribution in [0.1, 0.15) is 31.2 Å². The third-order valence-corrected chi connectivity index (χ3v) is 7.94. The summed E-state index contributed by atoms with van der Waals surface area (Å²) in [5, 5.41) is 0.714. The highest BCUT2D eigenvalue weighted by Gasteiger charge is 2.35. The Labute approximate surface area is 189 Å². The SMILES string of the molecule is CCS(=O)(=O)c1ccc(Cc2nc3c(Cl)c(N4CCC(F)(F)CC4)c(Cl)cc3[nH]2)cc1. The second-order valence-corrected chi connectivity index (χ2v) is 10.7. The lowest BCUT2D eigenvalue weighted by Crippen LogP contribution is -2.39. The van der Waals surface area contributed by atoms with Crippen molar-refractivity contribution in [3.63, 3.8) is 0 Å². The van der Waals surface area contributed by atoms with Gasteiger partial charge in [-0.15, -0.1) is 0 Å². The van der Waals surface area contributed by atoms with Gasteiger partial charge in [-0.1, -0.05) is 42.3 Å². The molecule has 1 saturated heterocycles. The molecule has 1 fully saturated rings. The maximum Gasteiger partial charge on any atom is 0.251 e. The minimum Gasteiger partial charge on any atom is -0.369 e. The number of aromatic amines is 1. The largest absolute Gasteiger partial charge is 0.369 e. The number of alkyl halides is 2. The number of hydrogen-bond acceptors (Lipinski definition) is 4. The summed E-state index contributed by atoms with van der Waals surface area (Å²) in [6.07, 6.45) is -0.0408. The number of H-pyrrole nitrogens is 1. The van der Waals surface area contributed by atoms with E-state index in [-0.39, 0.29) is 36.6 Å². The van der Waals surface area contributed by atoms with E-state index in [1.54, 1.807) is 42.2 Å². The maximum atomic E-state index is 13.5. The number of aromatic nitrogens is 2. The minimum atomic E-state index is -3.25. The van der Waals surface area contributed by atoms with E-state index in [2.05, 4.69) is 9.97 Å². The highest BCUT2D eigenvalue weighted by atomic mass is 35.5. The third kappa shape index (κ3) is 4.52. The van der Waals surface area contributed by atoms with Crippen LogP contribution in [0.4, 0.5) is 14.5 Å². The number of benzene rings is 2. The van der Waals surface area contributed by atoms with Gasteiger partial charge in [-0.05, 0) is 23.8 Å². The molecule has 0 radical (unpaired) electrons. The molecule has 4 rings (SSSR count). The van der Waals surface area contributed by atoms with Crippen molar-refractivity contribution < 1.29 is 17.2 Å². The Bertz CT molecular complexity index is 1220.